The van der Waals surface area contributed by atoms with Crippen molar-refractivity contribution < 1.29 is 33.3 Å². The Morgan fingerprint density at radius 3 is 2.69 bits per heavy atom. The topological polar surface area (TPSA) is 109 Å². The monoisotopic (exact) mass is 540 g/mol. The molecule has 1 aromatic carbocycles. The van der Waals surface area contributed by atoms with E-state index in [1.54, 1.807) is 24.4 Å². The van der Waals surface area contributed by atoms with Gasteiger partial charge in [0.2, 0.25) is 5.92 Å². The van der Waals surface area contributed by atoms with Crippen LogP contribution >= 0.6 is 0 Å². The summed E-state index contributed by atoms with van der Waals surface area (Å²) in [5, 5.41) is 25.4. The fraction of sp³-hybridized carbons (Fsp3) is 0.633. The summed E-state index contributed by atoms with van der Waals surface area (Å²) >= 11 is 0. The maximum atomic E-state index is 13.8. The summed E-state index contributed by atoms with van der Waals surface area (Å²) in [4.78, 5) is 30.9. The highest BCUT2D eigenvalue weighted by atomic mass is 19.3. The van der Waals surface area contributed by atoms with Crippen molar-refractivity contribution in [2.24, 2.45) is 28.6 Å². The Morgan fingerprint density at radius 1 is 1.13 bits per heavy atom. The standard InChI is InChI=1S/C30H34F2N2O5/c31-30(32)7-5-17(6-8-30)14-39-23-21(4-3-19-2-1-9-33-22(19)23)25(35)34-24(26(36)37)27-11-18-10-20-13-29(38,16-27)28(20,12-18)15-27/h1-4,9,17-18,20,24,38H,5-8,10-16H2,(H,34,35)(H,36,37)/t18?,20?,24?,27-,28?,29?/m0/s1. The van der Waals surface area contributed by atoms with Crippen LogP contribution in [0.4, 0.5) is 8.78 Å². The van der Waals surface area contributed by atoms with Crippen LogP contribution in [0.5, 0.6) is 5.75 Å². The molecule has 7 nitrogen and oxygen atoms in total. The van der Waals surface area contributed by atoms with Crippen LogP contribution < -0.4 is 10.1 Å². The average Bonchev–Trinajstić information content (AvgIpc) is 3.20. The molecule has 5 unspecified atom stereocenters. The number of alkyl halides is 2. The zero-order chi connectivity index (χ0) is 27.2. The summed E-state index contributed by atoms with van der Waals surface area (Å²) in [7, 11) is 0. The normalized spacial score (nSPS) is 36.8. The molecule has 3 N–H and O–H groups in total. The number of benzene rings is 1. The molecule has 1 aromatic heterocycles. The number of amides is 1. The fourth-order valence-corrected chi connectivity index (χ4v) is 9.42. The van der Waals surface area contributed by atoms with E-state index < -0.39 is 34.9 Å². The van der Waals surface area contributed by atoms with Gasteiger partial charge in [-0.1, -0.05) is 12.1 Å². The van der Waals surface area contributed by atoms with Crippen molar-refractivity contribution in [3.63, 3.8) is 0 Å². The maximum absolute atomic E-state index is 13.8. The second-order valence-electron chi connectivity index (χ2n) is 13.2. The molecule has 1 amide bonds. The van der Waals surface area contributed by atoms with Crippen LogP contribution in [-0.2, 0) is 4.79 Å². The number of carbonyl (C=O) groups excluding carboxylic acids is 1. The number of carboxylic acids is 1. The number of aliphatic carboxylic acids is 1. The van der Waals surface area contributed by atoms with Crippen molar-refractivity contribution >= 4 is 22.8 Å². The van der Waals surface area contributed by atoms with Gasteiger partial charge in [-0.25, -0.2) is 13.6 Å². The molecule has 208 valence electrons. The third-order valence-electron chi connectivity index (χ3n) is 11.0. The van der Waals surface area contributed by atoms with Crippen LogP contribution in [0.25, 0.3) is 10.9 Å². The van der Waals surface area contributed by atoms with Crippen LogP contribution in [0.15, 0.2) is 30.5 Å². The minimum absolute atomic E-state index is 0.0650. The third-order valence-corrected chi connectivity index (χ3v) is 11.0. The van der Waals surface area contributed by atoms with Gasteiger partial charge in [0.1, 0.15) is 11.6 Å². The van der Waals surface area contributed by atoms with Crippen molar-refractivity contribution in [2.45, 2.75) is 81.8 Å². The molecule has 2 aromatic rings. The molecule has 9 heteroatoms. The van der Waals surface area contributed by atoms with Gasteiger partial charge in [0.15, 0.2) is 5.75 Å². The SMILES string of the molecule is O=C(NC(C(=O)O)[C@]12CC3CC4CC(O)(C1)C4(C3)C2)c1ccc2cccnc2c1OCC1CCC(F)(F)CC1. The number of pyridine rings is 1. The molecule has 5 fully saturated rings. The predicted octanol–water partition coefficient (Wildman–Crippen LogP) is 4.95. The Hall–Kier alpha value is -2.81. The van der Waals surface area contributed by atoms with Crippen molar-refractivity contribution in [3.05, 3.63) is 36.0 Å². The largest absolute Gasteiger partial charge is 0.490 e. The van der Waals surface area contributed by atoms with E-state index in [0.717, 1.165) is 24.6 Å². The molecule has 7 rings (SSSR count). The zero-order valence-corrected chi connectivity index (χ0v) is 21.8. The van der Waals surface area contributed by atoms with E-state index in [1.807, 2.05) is 6.07 Å². The summed E-state index contributed by atoms with van der Waals surface area (Å²) < 4.78 is 33.5. The number of fused-ring (bicyclic) bond motifs is 3. The van der Waals surface area contributed by atoms with Crippen LogP contribution in [0.3, 0.4) is 0 Å². The summed E-state index contributed by atoms with van der Waals surface area (Å²) in [6.45, 7) is 0.178. The predicted molar refractivity (Wildman–Crippen MR) is 138 cm³/mol. The molecule has 1 spiro atoms. The molecule has 1 heterocycles. The van der Waals surface area contributed by atoms with Gasteiger partial charge < -0.3 is 20.3 Å². The lowest BCUT2D eigenvalue weighted by Gasteiger charge is -2.55. The number of hydrogen-bond acceptors (Lipinski definition) is 5. The van der Waals surface area contributed by atoms with Crippen molar-refractivity contribution in [2.75, 3.05) is 6.61 Å². The molecule has 5 aliphatic carbocycles. The lowest BCUT2D eigenvalue weighted by Crippen LogP contribution is -2.57. The van der Waals surface area contributed by atoms with Gasteiger partial charge in [-0.05, 0) is 81.3 Å². The smallest absolute Gasteiger partial charge is 0.326 e. The van der Waals surface area contributed by atoms with Crippen LogP contribution in [0.2, 0.25) is 0 Å². The number of hydrogen-bond donors (Lipinski definition) is 3. The highest BCUT2D eigenvalue weighted by molar-refractivity contribution is 6.04. The van der Waals surface area contributed by atoms with Crippen LogP contribution in [-0.4, -0.2) is 51.2 Å². The quantitative estimate of drug-likeness (QED) is 0.459. The number of halogens is 2. The first-order valence-electron chi connectivity index (χ1n) is 14.2. The number of carboxylic acid groups (broad SMARTS) is 1. The van der Waals surface area contributed by atoms with Gasteiger partial charge in [-0.3, -0.25) is 9.78 Å². The van der Waals surface area contributed by atoms with Crippen LogP contribution in [0, 0.1) is 28.6 Å². The number of nitrogens with one attached hydrogen (secondary N) is 1. The maximum Gasteiger partial charge on any atom is 0.326 e. The Morgan fingerprint density at radius 2 is 1.92 bits per heavy atom. The van der Waals surface area contributed by atoms with Gasteiger partial charge >= 0.3 is 5.97 Å². The molecule has 0 saturated heterocycles. The van der Waals surface area contributed by atoms with Gasteiger partial charge in [0.25, 0.3) is 5.91 Å². The molecule has 5 saturated carbocycles. The molecular weight excluding hydrogens is 506 g/mol. The molecule has 39 heavy (non-hydrogen) atoms. The van der Waals surface area contributed by atoms with E-state index in [-0.39, 0.29) is 42.1 Å². The van der Waals surface area contributed by atoms with Crippen molar-refractivity contribution in [1.82, 2.24) is 10.3 Å². The minimum atomic E-state index is -2.64. The summed E-state index contributed by atoms with van der Waals surface area (Å²) in [5.74, 6) is -3.28. The van der Waals surface area contributed by atoms with Crippen molar-refractivity contribution in [3.8, 4) is 5.75 Å². The van der Waals surface area contributed by atoms with Gasteiger partial charge in [-0.15, -0.1) is 0 Å². The number of carbonyl (C=O) groups is 2. The first-order chi connectivity index (χ1) is 18.5. The van der Waals surface area contributed by atoms with E-state index in [4.69, 9.17) is 4.74 Å². The molecule has 0 aliphatic heterocycles. The van der Waals surface area contributed by atoms with E-state index in [0.29, 0.717) is 49.5 Å². The highest BCUT2D eigenvalue weighted by Crippen LogP contribution is 2.80. The van der Waals surface area contributed by atoms with E-state index in [2.05, 4.69) is 10.3 Å². The van der Waals surface area contributed by atoms with Crippen LogP contribution in [0.1, 0.15) is 74.6 Å². The number of aliphatic hydroxyl groups is 1. The summed E-state index contributed by atoms with van der Waals surface area (Å²) in [5.41, 5.74) is -1.07. The molecule has 3 bridgehead atoms. The lowest BCUT2D eigenvalue weighted by atomic mass is 9.52. The zero-order valence-electron chi connectivity index (χ0n) is 21.8. The fourth-order valence-electron chi connectivity index (χ4n) is 9.42. The van der Waals surface area contributed by atoms with E-state index >= 15 is 0 Å². The van der Waals surface area contributed by atoms with Gasteiger partial charge in [-0.2, -0.15) is 0 Å². The summed E-state index contributed by atoms with van der Waals surface area (Å²) in [6, 6.07) is 5.86. The van der Waals surface area contributed by atoms with Gasteiger partial charge in [0, 0.05) is 35.3 Å². The minimum Gasteiger partial charge on any atom is -0.490 e. The molecule has 5 aliphatic rings. The van der Waals surface area contributed by atoms with Gasteiger partial charge in [0.05, 0.1) is 17.8 Å². The van der Waals surface area contributed by atoms with Crippen molar-refractivity contribution in [1.29, 1.82) is 0 Å². The number of ether oxygens (including phenoxy) is 1. The van der Waals surface area contributed by atoms with E-state index in [9.17, 15) is 28.6 Å². The molecule has 0 radical (unpaired) electrons. The first-order valence-corrected chi connectivity index (χ1v) is 14.2. The second-order valence-corrected chi connectivity index (χ2v) is 13.2. The van der Waals surface area contributed by atoms with E-state index in [1.165, 1.54) is 0 Å². The molecule has 6 atom stereocenters. The Labute approximate surface area is 225 Å². The number of aromatic nitrogens is 1. The Balaban J connectivity index is 1.17. The Kier molecular flexibility index (Phi) is 5.39. The first kappa shape index (κ1) is 25.2. The molecular formula is C30H34F2N2O5. The average molecular weight is 541 g/mol. The second kappa shape index (κ2) is 8.35. The highest BCUT2D eigenvalue weighted by Gasteiger charge is 2.79. The summed E-state index contributed by atoms with van der Waals surface area (Å²) in [6.07, 6.45) is 6.35. The lowest BCUT2D eigenvalue weighted by molar-refractivity contribution is -0.176. The Bertz CT molecular complexity index is 1360. The number of nitrogens with zero attached hydrogens (tertiary/aromatic N) is 1. The number of rotatable bonds is 7. The third kappa shape index (κ3) is 3.71.